The number of hydrogen-bond donors (Lipinski definition) is 1. The Bertz CT molecular complexity index is 991. The lowest BCUT2D eigenvalue weighted by Gasteiger charge is -2.33. The molecule has 0 bridgehead atoms. The monoisotopic (exact) mass is 368 g/mol. The van der Waals surface area contributed by atoms with Gasteiger partial charge in [-0.2, -0.15) is 0 Å². The Hall–Kier alpha value is -2.57. The van der Waals surface area contributed by atoms with Crippen molar-refractivity contribution in [2.75, 3.05) is 20.2 Å². The molecular formula is C21H24N2O4. The molecule has 0 radical (unpaired) electrons. The summed E-state index contributed by atoms with van der Waals surface area (Å²) in [5.74, 6) is 0.421. The molecule has 142 valence electrons. The summed E-state index contributed by atoms with van der Waals surface area (Å²) in [4.78, 5) is 14.7. The van der Waals surface area contributed by atoms with Gasteiger partial charge in [0.1, 0.15) is 5.75 Å². The van der Waals surface area contributed by atoms with E-state index in [-0.39, 0.29) is 18.4 Å². The molecule has 1 aromatic heterocycles. The predicted molar refractivity (Wildman–Crippen MR) is 103 cm³/mol. The summed E-state index contributed by atoms with van der Waals surface area (Å²) in [6, 6.07) is 13.6. The maximum Gasteiger partial charge on any atom is 0.420 e. The number of piperidine rings is 1. The molecule has 1 atom stereocenters. The largest absolute Gasteiger partial charge is 0.496 e. The second kappa shape index (κ2) is 7.58. The third-order valence-corrected chi connectivity index (χ3v) is 5.29. The fourth-order valence-corrected chi connectivity index (χ4v) is 4.03. The number of rotatable bonds is 5. The highest BCUT2D eigenvalue weighted by Gasteiger charge is 2.25. The van der Waals surface area contributed by atoms with Gasteiger partial charge in [-0.05, 0) is 49.2 Å². The van der Waals surface area contributed by atoms with Crippen LogP contribution in [0, 0.1) is 0 Å². The zero-order chi connectivity index (χ0) is 18.8. The molecule has 2 heterocycles. The van der Waals surface area contributed by atoms with Gasteiger partial charge in [0.05, 0.1) is 25.3 Å². The molecule has 1 saturated heterocycles. The lowest BCUT2D eigenvalue weighted by atomic mass is 10.0. The molecule has 6 nitrogen and oxygen atoms in total. The Kier molecular flexibility index (Phi) is 5.01. The summed E-state index contributed by atoms with van der Waals surface area (Å²) >= 11 is 0. The summed E-state index contributed by atoms with van der Waals surface area (Å²) < 4.78 is 12.5. The number of hydrogen-bond acceptors (Lipinski definition) is 5. The minimum Gasteiger partial charge on any atom is -0.496 e. The van der Waals surface area contributed by atoms with Crippen LogP contribution in [0.2, 0.25) is 0 Å². The lowest BCUT2D eigenvalue weighted by Crippen LogP contribution is -2.38. The van der Waals surface area contributed by atoms with Crippen molar-refractivity contribution in [2.45, 2.75) is 32.0 Å². The number of ether oxygens (including phenoxy) is 1. The van der Waals surface area contributed by atoms with Crippen LogP contribution in [-0.4, -0.2) is 34.8 Å². The first kappa shape index (κ1) is 17.8. The van der Waals surface area contributed by atoms with Crippen molar-refractivity contribution in [3.8, 4) is 5.75 Å². The molecule has 0 aliphatic carbocycles. The van der Waals surface area contributed by atoms with E-state index in [0.29, 0.717) is 11.3 Å². The van der Waals surface area contributed by atoms with Crippen molar-refractivity contribution in [1.82, 2.24) is 9.47 Å². The fraction of sp³-hybridized carbons (Fsp3) is 0.381. The van der Waals surface area contributed by atoms with Crippen molar-refractivity contribution in [3.63, 3.8) is 0 Å². The van der Waals surface area contributed by atoms with Gasteiger partial charge in [0.2, 0.25) is 0 Å². The second-order valence-corrected chi connectivity index (χ2v) is 7.04. The number of para-hydroxylation sites is 2. The summed E-state index contributed by atoms with van der Waals surface area (Å²) in [6.45, 7) is 2.51. The third-order valence-electron chi connectivity index (χ3n) is 5.29. The van der Waals surface area contributed by atoms with E-state index >= 15 is 0 Å². The first-order valence-electron chi connectivity index (χ1n) is 9.28. The Morgan fingerprint density at radius 3 is 2.93 bits per heavy atom. The van der Waals surface area contributed by atoms with Crippen LogP contribution >= 0.6 is 0 Å². The summed E-state index contributed by atoms with van der Waals surface area (Å²) in [7, 11) is 1.61. The number of oxazole rings is 1. The number of benzene rings is 2. The van der Waals surface area contributed by atoms with Crippen LogP contribution in [0.15, 0.2) is 51.7 Å². The maximum absolute atomic E-state index is 12.4. The quantitative estimate of drug-likeness (QED) is 0.750. The summed E-state index contributed by atoms with van der Waals surface area (Å²) in [5, 5.41) is 9.54. The van der Waals surface area contributed by atoms with Crippen molar-refractivity contribution in [2.24, 2.45) is 0 Å². The number of fused-ring (bicyclic) bond motifs is 1. The molecule has 1 N–H and O–H groups in total. The number of aromatic nitrogens is 1. The van der Waals surface area contributed by atoms with Gasteiger partial charge in [-0.1, -0.05) is 18.2 Å². The van der Waals surface area contributed by atoms with Gasteiger partial charge >= 0.3 is 5.76 Å². The van der Waals surface area contributed by atoms with Crippen LogP contribution in [0.5, 0.6) is 5.75 Å². The number of likely N-dealkylation sites (tertiary alicyclic amines) is 1. The number of aliphatic hydroxyl groups excluding tert-OH is 1. The number of aliphatic hydroxyl groups is 1. The van der Waals surface area contributed by atoms with Crippen LogP contribution in [0.4, 0.5) is 0 Å². The SMILES string of the molecule is COc1ccc(CN2CCC[C@H](n3c(=O)oc4ccccc43)C2)cc1CO. The highest BCUT2D eigenvalue weighted by molar-refractivity contribution is 5.72. The van der Waals surface area contributed by atoms with E-state index in [2.05, 4.69) is 4.90 Å². The zero-order valence-corrected chi connectivity index (χ0v) is 15.4. The van der Waals surface area contributed by atoms with Gasteiger partial charge in [0, 0.05) is 18.7 Å². The molecule has 4 rings (SSSR count). The molecule has 0 amide bonds. The predicted octanol–water partition coefficient (Wildman–Crippen LogP) is 2.93. The van der Waals surface area contributed by atoms with Gasteiger partial charge in [-0.3, -0.25) is 9.47 Å². The molecule has 0 unspecified atom stereocenters. The molecule has 0 saturated carbocycles. The zero-order valence-electron chi connectivity index (χ0n) is 15.4. The average Bonchev–Trinajstić information content (AvgIpc) is 3.03. The number of methoxy groups -OCH3 is 1. The second-order valence-electron chi connectivity index (χ2n) is 7.04. The standard InChI is InChI=1S/C21H24N2O4/c1-26-19-9-8-15(11-16(19)14-24)12-22-10-4-5-17(13-22)23-18-6-2-3-7-20(18)27-21(23)25/h2-3,6-9,11,17,24H,4-5,10,12-14H2,1H3/t17-/m0/s1. The van der Waals surface area contributed by atoms with Gasteiger partial charge in [0.25, 0.3) is 0 Å². The molecule has 1 fully saturated rings. The Labute approximate surface area is 157 Å². The Morgan fingerprint density at radius 2 is 2.11 bits per heavy atom. The van der Waals surface area contributed by atoms with Crippen LogP contribution in [0.1, 0.15) is 30.0 Å². The highest BCUT2D eigenvalue weighted by Crippen LogP contribution is 2.27. The van der Waals surface area contributed by atoms with E-state index in [1.807, 2.05) is 42.5 Å². The Morgan fingerprint density at radius 1 is 1.26 bits per heavy atom. The Balaban J connectivity index is 1.55. The van der Waals surface area contributed by atoms with Crippen LogP contribution in [0.25, 0.3) is 11.1 Å². The van der Waals surface area contributed by atoms with E-state index in [1.165, 1.54) is 0 Å². The first-order valence-corrected chi connectivity index (χ1v) is 9.28. The van der Waals surface area contributed by atoms with Gasteiger partial charge in [-0.15, -0.1) is 0 Å². The maximum atomic E-state index is 12.4. The minimum absolute atomic E-state index is 0.0456. The van der Waals surface area contributed by atoms with Gasteiger partial charge in [-0.25, -0.2) is 4.79 Å². The molecule has 2 aromatic carbocycles. The van der Waals surface area contributed by atoms with E-state index in [1.54, 1.807) is 11.7 Å². The molecule has 1 aliphatic rings. The van der Waals surface area contributed by atoms with E-state index in [0.717, 1.165) is 49.1 Å². The first-order chi connectivity index (χ1) is 13.2. The van der Waals surface area contributed by atoms with Gasteiger partial charge in [0.15, 0.2) is 5.58 Å². The molecule has 6 heteroatoms. The minimum atomic E-state index is -0.282. The highest BCUT2D eigenvalue weighted by atomic mass is 16.5. The van der Waals surface area contributed by atoms with Gasteiger partial charge < -0.3 is 14.3 Å². The average molecular weight is 368 g/mol. The molecule has 0 spiro atoms. The van der Waals surface area contributed by atoms with Crippen LogP contribution in [-0.2, 0) is 13.2 Å². The van der Waals surface area contributed by atoms with Crippen molar-refractivity contribution >= 4 is 11.1 Å². The summed E-state index contributed by atoms with van der Waals surface area (Å²) in [5.41, 5.74) is 3.43. The van der Waals surface area contributed by atoms with E-state index in [4.69, 9.17) is 9.15 Å². The van der Waals surface area contributed by atoms with Crippen LogP contribution < -0.4 is 10.5 Å². The normalized spacial score (nSPS) is 18.1. The smallest absolute Gasteiger partial charge is 0.420 e. The van der Waals surface area contributed by atoms with E-state index in [9.17, 15) is 9.90 Å². The topological polar surface area (TPSA) is 67.8 Å². The third kappa shape index (κ3) is 3.50. The molecular weight excluding hydrogens is 344 g/mol. The van der Waals surface area contributed by atoms with Crippen molar-refractivity contribution in [1.29, 1.82) is 0 Å². The van der Waals surface area contributed by atoms with E-state index < -0.39 is 0 Å². The van der Waals surface area contributed by atoms with Crippen LogP contribution in [0.3, 0.4) is 0 Å². The lowest BCUT2D eigenvalue weighted by molar-refractivity contribution is 0.167. The van der Waals surface area contributed by atoms with Crippen molar-refractivity contribution < 1.29 is 14.3 Å². The fourth-order valence-electron chi connectivity index (χ4n) is 4.03. The molecule has 3 aromatic rings. The molecule has 1 aliphatic heterocycles. The number of nitrogens with zero attached hydrogens (tertiary/aromatic N) is 2. The summed E-state index contributed by atoms with van der Waals surface area (Å²) in [6.07, 6.45) is 1.99. The van der Waals surface area contributed by atoms with Crippen molar-refractivity contribution in [3.05, 3.63) is 64.1 Å². The molecule has 27 heavy (non-hydrogen) atoms.